The first kappa shape index (κ1) is 16.7. The fraction of sp³-hybridized carbons (Fsp3) is 0.778. The molecule has 0 aromatic rings. The molecule has 0 aromatic carbocycles. The lowest BCUT2D eigenvalue weighted by Gasteiger charge is -2.29. The smallest absolute Gasteiger partial charge is 0.327 e. The number of carbonyl (C=O) groups is 1. The summed E-state index contributed by atoms with van der Waals surface area (Å²) >= 11 is 0.798. The molecule has 5 N–H and O–H groups in total. The van der Waals surface area contributed by atoms with E-state index in [1.807, 2.05) is 0 Å². The molecule has 2 heterocycles. The number of hydrogen-bond donors (Lipinski definition) is 4. The summed E-state index contributed by atoms with van der Waals surface area (Å²) < 4.78 is 15.7. The number of hydrogen-bond acceptors (Lipinski definition) is 9. The zero-order chi connectivity index (χ0) is 15.4. The lowest BCUT2D eigenvalue weighted by molar-refractivity contribution is -0.0608. The van der Waals surface area contributed by atoms with Crippen molar-refractivity contribution in [2.45, 2.75) is 24.9 Å². The van der Waals surface area contributed by atoms with Gasteiger partial charge in [-0.15, -0.1) is 0 Å². The topological polar surface area (TPSA) is 139 Å². The summed E-state index contributed by atoms with van der Waals surface area (Å²) in [4.78, 5) is 26.7. The maximum atomic E-state index is 11.8. The van der Waals surface area contributed by atoms with Gasteiger partial charge in [0.2, 0.25) is 0 Å². The number of aliphatic hydroxyl groups excluding tert-OH is 1. The molecular weight excluding hydrogens is 323 g/mol. The van der Waals surface area contributed by atoms with Crippen LogP contribution in [0.5, 0.6) is 0 Å². The number of guanidine groups is 1. The standard InChI is InChI=1S/C9H17N4O6PS/c1-17-21-20(16)19-5-2-7(18-6(5)3-14)13-4-11-8(10)12-9(13)15/h5-7,14,16H,2-4H2,1H3,(H3,10,11,12,15)/t5-,6-,7-,20?/m1/s1. The first-order valence-corrected chi connectivity index (χ1v) is 8.61. The number of urea groups is 1. The lowest BCUT2D eigenvalue weighted by atomic mass is 10.2. The maximum Gasteiger partial charge on any atom is 0.327 e. The molecule has 2 amide bonds. The molecule has 2 aliphatic heterocycles. The van der Waals surface area contributed by atoms with E-state index in [-0.39, 0.29) is 19.2 Å². The highest BCUT2D eigenvalue weighted by Crippen LogP contribution is 2.49. The van der Waals surface area contributed by atoms with Crippen molar-refractivity contribution in [1.82, 2.24) is 10.2 Å². The summed E-state index contributed by atoms with van der Waals surface area (Å²) in [7, 11) is -0.428. The van der Waals surface area contributed by atoms with Crippen molar-refractivity contribution >= 4 is 31.2 Å². The molecular formula is C9H17N4O6PS. The third kappa shape index (κ3) is 4.16. The van der Waals surface area contributed by atoms with Crippen LogP contribution < -0.4 is 11.1 Å². The number of nitrogens with one attached hydrogen (secondary N) is 1. The Labute approximate surface area is 126 Å². The van der Waals surface area contributed by atoms with Crippen LogP contribution >= 0.6 is 19.2 Å². The number of aliphatic imine (C=N–C) groups is 1. The van der Waals surface area contributed by atoms with E-state index in [0.29, 0.717) is 6.42 Å². The van der Waals surface area contributed by atoms with Gasteiger partial charge in [-0.1, -0.05) is 0 Å². The van der Waals surface area contributed by atoms with Crippen molar-refractivity contribution in [2.75, 3.05) is 20.4 Å². The second-order valence-corrected chi connectivity index (χ2v) is 6.81. The Bertz CT molecular complexity index is 416. The summed E-state index contributed by atoms with van der Waals surface area (Å²) in [5, 5.41) is 11.7. The van der Waals surface area contributed by atoms with E-state index in [4.69, 9.17) is 19.2 Å². The summed E-state index contributed by atoms with van der Waals surface area (Å²) in [5.74, 6) is 0.0520. The Balaban J connectivity index is 1.96. The largest absolute Gasteiger partial charge is 0.394 e. The summed E-state index contributed by atoms with van der Waals surface area (Å²) in [6, 6.07) is -0.428. The highest BCUT2D eigenvalue weighted by molar-refractivity contribution is 8.50. The fourth-order valence-corrected chi connectivity index (χ4v) is 3.46. The molecule has 2 rings (SSSR count). The van der Waals surface area contributed by atoms with Crippen LogP contribution in [-0.2, 0) is 13.4 Å². The van der Waals surface area contributed by atoms with E-state index in [1.165, 1.54) is 12.0 Å². The minimum absolute atomic E-state index is 0.0520. The highest BCUT2D eigenvalue weighted by Gasteiger charge is 2.42. The average molecular weight is 340 g/mol. The van der Waals surface area contributed by atoms with Crippen molar-refractivity contribution in [2.24, 2.45) is 10.7 Å². The van der Waals surface area contributed by atoms with Crippen LogP contribution in [0.2, 0.25) is 0 Å². The molecule has 12 heteroatoms. The highest BCUT2D eigenvalue weighted by atomic mass is 32.7. The van der Waals surface area contributed by atoms with Gasteiger partial charge in [0, 0.05) is 6.42 Å². The summed E-state index contributed by atoms with van der Waals surface area (Å²) in [6.45, 7) is -0.225. The van der Waals surface area contributed by atoms with Crippen molar-refractivity contribution < 1.29 is 28.2 Å². The molecule has 120 valence electrons. The maximum absolute atomic E-state index is 11.8. The zero-order valence-corrected chi connectivity index (χ0v) is 12.9. The van der Waals surface area contributed by atoms with Crippen molar-refractivity contribution in [3.05, 3.63) is 0 Å². The average Bonchev–Trinajstić information content (AvgIpc) is 2.81. The van der Waals surface area contributed by atoms with Gasteiger partial charge in [-0.3, -0.25) is 10.2 Å². The van der Waals surface area contributed by atoms with E-state index in [0.717, 1.165) is 11.7 Å². The number of aliphatic hydroxyl groups is 1. The lowest BCUT2D eigenvalue weighted by Crippen LogP contribution is -2.54. The SMILES string of the molecule is COSP(O)O[C@@H]1C[C@H](N2CN=C(N)NC2=O)O[C@@H]1CO. The van der Waals surface area contributed by atoms with Gasteiger partial charge >= 0.3 is 6.03 Å². The predicted molar refractivity (Wildman–Crippen MR) is 75.8 cm³/mol. The van der Waals surface area contributed by atoms with Gasteiger partial charge in [0.15, 0.2) is 5.96 Å². The monoisotopic (exact) mass is 340 g/mol. The Kier molecular flexibility index (Phi) is 5.99. The summed E-state index contributed by atoms with van der Waals surface area (Å²) in [5.41, 5.74) is 5.40. The minimum atomic E-state index is -1.84. The molecule has 10 nitrogen and oxygen atoms in total. The second kappa shape index (κ2) is 7.54. The van der Waals surface area contributed by atoms with Gasteiger partial charge in [0.25, 0.3) is 7.58 Å². The number of carbonyl (C=O) groups excluding carboxylic acids is 1. The molecule has 0 radical (unpaired) electrons. The van der Waals surface area contributed by atoms with E-state index < -0.39 is 32.0 Å². The van der Waals surface area contributed by atoms with Crippen LogP contribution in [0, 0.1) is 0 Å². The van der Waals surface area contributed by atoms with Gasteiger partial charge in [-0.05, 0) is 0 Å². The number of nitrogens with two attached hydrogens (primary N) is 1. The molecule has 1 fully saturated rings. The Hall–Kier alpha value is -0.680. The third-order valence-electron chi connectivity index (χ3n) is 2.96. The minimum Gasteiger partial charge on any atom is -0.394 e. The molecule has 1 saturated heterocycles. The van der Waals surface area contributed by atoms with Crippen LogP contribution in [-0.4, -0.2) is 65.7 Å². The Morgan fingerprint density at radius 1 is 1.71 bits per heavy atom. The molecule has 0 spiro atoms. The third-order valence-corrected chi connectivity index (χ3v) is 4.78. The van der Waals surface area contributed by atoms with E-state index >= 15 is 0 Å². The first-order valence-electron chi connectivity index (χ1n) is 6.05. The van der Waals surface area contributed by atoms with Crippen LogP contribution in [0.15, 0.2) is 4.99 Å². The fourth-order valence-electron chi connectivity index (χ4n) is 2.02. The second-order valence-electron chi connectivity index (χ2n) is 4.26. The van der Waals surface area contributed by atoms with Crippen LogP contribution in [0.1, 0.15) is 6.42 Å². The molecule has 0 aliphatic carbocycles. The van der Waals surface area contributed by atoms with Gasteiger partial charge in [-0.2, -0.15) is 0 Å². The van der Waals surface area contributed by atoms with Gasteiger partial charge in [0.1, 0.15) is 19.0 Å². The van der Waals surface area contributed by atoms with E-state index in [2.05, 4.69) is 10.3 Å². The number of amides is 2. The molecule has 0 saturated carbocycles. The molecule has 0 aromatic heterocycles. The molecule has 1 unspecified atom stereocenters. The number of rotatable bonds is 6. The molecule has 21 heavy (non-hydrogen) atoms. The van der Waals surface area contributed by atoms with Crippen LogP contribution in [0.3, 0.4) is 0 Å². The quantitative estimate of drug-likeness (QED) is 0.367. The molecule has 2 aliphatic rings. The van der Waals surface area contributed by atoms with Crippen LogP contribution in [0.4, 0.5) is 4.79 Å². The van der Waals surface area contributed by atoms with Gasteiger partial charge in [0.05, 0.1) is 31.5 Å². The van der Waals surface area contributed by atoms with Gasteiger partial charge < -0.3 is 29.2 Å². The first-order chi connectivity index (χ1) is 10.0. The van der Waals surface area contributed by atoms with Crippen LogP contribution in [0.25, 0.3) is 0 Å². The van der Waals surface area contributed by atoms with Crippen molar-refractivity contribution in [1.29, 1.82) is 0 Å². The predicted octanol–water partition coefficient (Wildman–Crippen LogP) is -0.710. The Morgan fingerprint density at radius 2 is 2.48 bits per heavy atom. The van der Waals surface area contributed by atoms with Crippen molar-refractivity contribution in [3.8, 4) is 0 Å². The number of ether oxygens (including phenoxy) is 1. The molecule has 4 atom stereocenters. The Morgan fingerprint density at radius 3 is 3.10 bits per heavy atom. The summed E-state index contributed by atoms with van der Waals surface area (Å²) in [6.07, 6.45) is -1.49. The molecule has 0 bridgehead atoms. The van der Waals surface area contributed by atoms with Crippen molar-refractivity contribution in [3.63, 3.8) is 0 Å². The normalized spacial score (nSPS) is 31.0. The van der Waals surface area contributed by atoms with Gasteiger partial charge in [-0.25, -0.2) is 9.79 Å². The van der Waals surface area contributed by atoms with E-state index in [9.17, 15) is 14.8 Å². The number of nitrogens with zero attached hydrogens (tertiary/aromatic N) is 2. The zero-order valence-electron chi connectivity index (χ0n) is 11.2. The van der Waals surface area contributed by atoms with E-state index in [1.54, 1.807) is 0 Å².